The second kappa shape index (κ2) is 36.1. The van der Waals surface area contributed by atoms with Gasteiger partial charge >= 0.3 is 11.9 Å². The van der Waals surface area contributed by atoms with Crippen molar-refractivity contribution in [1.82, 2.24) is 0 Å². The molecule has 21 N–H and O–H groups in total. The minimum atomic E-state index is -0.959. The Morgan fingerprint density at radius 3 is 1.54 bits per heavy atom. The van der Waals surface area contributed by atoms with Crippen LogP contribution in [0, 0.1) is 13.8 Å². The molecule has 384 valence electrons. The zero-order valence-electron chi connectivity index (χ0n) is 40.3. The minimum absolute atomic E-state index is 0. The lowest BCUT2D eigenvalue weighted by molar-refractivity contribution is -0.138. The van der Waals surface area contributed by atoms with Gasteiger partial charge in [0.15, 0.2) is 23.5 Å². The number of carboxylic acids is 2. The number of anilines is 3. The molecule has 5 rings (SSSR count). The van der Waals surface area contributed by atoms with Crippen molar-refractivity contribution in [3.8, 4) is 0 Å². The van der Waals surface area contributed by atoms with Crippen LogP contribution in [0.5, 0.6) is 0 Å². The van der Waals surface area contributed by atoms with Gasteiger partial charge in [0.1, 0.15) is 12.7 Å². The summed E-state index contributed by atoms with van der Waals surface area (Å²) in [6.07, 6.45) is 0.385. The molecule has 1 unspecified atom stereocenters. The molecular weight excluding hydrogens is 909 g/mol. The van der Waals surface area contributed by atoms with Crippen molar-refractivity contribution < 1.29 is 34.2 Å². The molecular formula is C50H72N14O7. The van der Waals surface area contributed by atoms with E-state index in [0.29, 0.717) is 36.2 Å². The molecule has 0 bridgehead atoms. The lowest BCUT2D eigenvalue weighted by Gasteiger charge is -2.09. The molecule has 21 heteroatoms. The van der Waals surface area contributed by atoms with Crippen LogP contribution in [0.3, 0.4) is 0 Å². The van der Waals surface area contributed by atoms with E-state index in [1.807, 2.05) is 70.2 Å². The molecule has 5 aromatic rings. The van der Waals surface area contributed by atoms with Gasteiger partial charge in [-0.15, -0.1) is 5.10 Å². The number of aromatic carboxylic acids is 1. The number of carbonyl (C=O) groups excluding carboxylic acids is 3. The van der Waals surface area contributed by atoms with Crippen LogP contribution in [-0.2, 0) is 11.2 Å². The maximum absolute atomic E-state index is 11.2. The molecule has 0 aliphatic heterocycles. The molecule has 1 atom stereocenters. The van der Waals surface area contributed by atoms with Crippen LogP contribution in [0.4, 0.5) is 17.1 Å². The first-order chi connectivity index (χ1) is 33.1. The third-order valence-electron chi connectivity index (χ3n) is 8.59. The predicted octanol–water partition coefficient (Wildman–Crippen LogP) is 4.80. The highest BCUT2D eigenvalue weighted by atomic mass is 16.4. The van der Waals surface area contributed by atoms with E-state index < -0.39 is 23.9 Å². The molecule has 0 aliphatic rings. The maximum Gasteiger partial charge on any atom is 0.335 e. The van der Waals surface area contributed by atoms with Gasteiger partial charge in [-0.05, 0) is 124 Å². The second-order valence-corrected chi connectivity index (χ2v) is 14.3. The molecule has 0 spiro atoms. The van der Waals surface area contributed by atoms with E-state index in [9.17, 15) is 24.0 Å². The SMILES string of the molecule is C.CC.CC(=O)c1ccc(NCCN=C(N)N)c(C)c1.CC(=O)c1ccc(NN=C(N)N)cc1.Cc1ccc(C(=O)O)cc1.NC(=O)c1ccc(NCN=C(N)N)cc1.NC(Cc1ccccc1)C(=O)O. The van der Waals surface area contributed by atoms with Crippen LogP contribution in [0.2, 0.25) is 0 Å². The molecule has 0 heterocycles. The highest BCUT2D eigenvalue weighted by Crippen LogP contribution is 2.17. The number of nitrogens with one attached hydrogen (secondary N) is 3. The molecule has 71 heavy (non-hydrogen) atoms. The van der Waals surface area contributed by atoms with Gasteiger partial charge in [0.05, 0.1) is 17.8 Å². The van der Waals surface area contributed by atoms with Gasteiger partial charge in [0, 0.05) is 34.6 Å². The first kappa shape index (κ1) is 64.1. The monoisotopic (exact) mass is 981 g/mol. The molecule has 21 nitrogen and oxygen atoms in total. The lowest BCUT2D eigenvalue weighted by Crippen LogP contribution is -2.32. The van der Waals surface area contributed by atoms with Gasteiger partial charge in [-0.3, -0.25) is 29.6 Å². The number of hydrogen-bond donors (Lipinski definition) is 13. The number of hydrogen-bond acceptors (Lipinski definition) is 12. The quantitative estimate of drug-likeness (QED) is 0.0208. The third-order valence-corrected chi connectivity index (χ3v) is 8.59. The maximum atomic E-state index is 11.2. The highest BCUT2D eigenvalue weighted by Gasteiger charge is 2.11. The van der Waals surface area contributed by atoms with Crippen LogP contribution in [0.15, 0.2) is 136 Å². The van der Waals surface area contributed by atoms with Crippen molar-refractivity contribution in [3.63, 3.8) is 0 Å². The van der Waals surface area contributed by atoms with Crippen molar-refractivity contribution in [2.24, 2.45) is 61.0 Å². The largest absolute Gasteiger partial charge is 0.480 e. The van der Waals surface area contributed by atoms with E-state index >= 15 is 0 Å². The molecule has 0 aliphatic carbocycles. The Hall–Kier alpha value is -8.98. The van der Waals surface area contributed by atoms with E-state index in [2.05, 4.69) is 31.1 Å². The van der Waals surface area contributed by atoms with Crippen molar-refractivity contribution in [2.45, 2.75) is 61.4 Å². The number of nitrogens with two attached hydrogens (primary N) is 8. The van der Waals surface area contributed by atoms with Crippen LogP contribution in [-0.4, -0.2) is 83.3 Å². The first-order valence-corrected chi connectivity index (χ1v) is 21.5. The fourth-order valence-corrected chi connectivity index (χ4v) is 4.99. The summed E-state index contributed by atoms with van der Waals surface area (Å²) in [6.45, 7) is 12.4. The van der Waals surface area contributed by atoms with E-state index in [-0.39, 0.29) is 43.5 Å². The number of benzene rings is 5. The summed E-state index contributed by atoms with van der Waals surface area (Å²) in [5.41, 5.74) is 51.8. The van der Waals surface area contributed by atoms with Crippen LogP contribution in [0.25, 0.3) is 0 Å². The average Bonchev–Trinajstić information content (AvgIpc) is 3.32. The van der Waals surface area contributed by atoms with Gasteiger partial charge in [-0.25, -0.2) is 9.79 Å². The molecule has 0 fully saturated rings. The highest BCUT2D eigenvalue weighted by molar-refractivity contribution is 5.95. The Kier molecular flexibility index (Phi) is 32.6. The first-order valence-electron chi connectivity index (χ1n) is 21.5. The number of rotatable bonds is 16. The Labute approximate surface area is 415 Å². The number of guanidine groups is 3. The summed E-state index contributed by atoms with van der Waals surface area (Å²) >= 11 is 0. The fourth-order valence-electron chi connectivity index (χ4n) is 4.99. The number of ketones is 2. The molecule has 0 radical (unpaired) electrons. The number of carbonyl (C=O) groups is 5. The minimum Gasteiger partial charge on any atom is -0.480 e. The molecule has 0 saturated carbocycles. The van der Waals surface area contributed by atoms with Gasteiger partial charge in [0.25, 0.3) is 0 Å². The third kappa shape index (κ3) is 30.1. The Balaban J connectivity index is 0. The summed E-state index contributed by atoms with van der Waals surface area (Å²) in [5.74, 6) is -2.12. The predicted molar refractivity (Wildman–Crippen MR) is 287 cm³/mol. The molecule has 0 saturated heterocycles. The zero-order chi connectivity index (χ0) is 53.2. The zero-order valence-corrected chi connectivity index (χ0v) is 40.3. The Bertz CT molecular complexity index is 2450. The smallest absolute Gasteiger partial charge is 0.335 e. The number of aliphatic imine (C=N–C) groups is 2. The van der Waals surface area contributed by atoms with E-state index in [1.165, 1.54) is 6.92 Å². The summed E-state index contributed by atoms with van der Waals surface area (Å²) < 4.78 is 0. The molecule has 0 aromatic heterocycles. The van der Waals surface area contributed by atoms with Gasteiger partial charge in [0.2, 0.25) is 11.9 Å². The van der Waals surface area contributed by atoms with E-state index in [0.717, 1.165) is 39.3 Å². The van der Waals surface area contributed by atoms with Crippen LogP contribution < -0.4 is 61.9 Å². The van der Waals surface area contributed by atoms with Crippen LogP contribution in [0.1, 0.15) is 93.2 Å². The van der Waals surface area contributed by atoms with E-state index in [4.69, 9.17) is 56.1 Å². The number of carboxylic acid groups (broad SMARTS) is 2. The normalized spacial score (nSPS) is 9.62. The Morgan fingerprint density at radius 2 is 1.08 bits per heavy atom. The lowest BCUT2D eigenvalue weighted by atomic mass is 10.1. The number of nitrogens with zero attached hydrogens (tertiary/aromatic N) is 3. The topological polar surface area (TPSA) is 407 Å². The van der Waals surface area contributed by atoms with Crippen molar-refractivity contribution >= 4 is 64.4 Å². The van der Waals surface area contributed by atoms with Crippen molar-refractivity contribution in [3.05, 3.63) is 160 Å². The summed E-state index contributed by atoms with van der Waals surface area (Å²) in [5, 5.41) is 26.7. The number of aliphatic carboxylic acids is 1. The standard InChI is InChI=1S/C12H18N4O.C9H13N5O.C9H12N4O.C9H11NO2.C8H8O2.C2H6.CH4/c1-8-7-10(9(2)17)3-4-11(8)15-5-6-16-12(13)14;10-8(15)6-1-3-7(4-2-6)13-5-14-9(11)12;1-6(14)7-2-4-8(5-3-7)12-13-9(10)11;10-8(9(11)12)6-7-4-2-1-3-5-7;1-6-2-4-7(5-3-6)8(9)10;1-2;/h3-4,7,15H,5-6H2,1-2H3,(H4,13,14,16);1-4,13H,5H2,(H2,10,15)(H4,11,12,14);2-5,12H,1H3,(H4,10,11,13);1-5,8H,6,10H2,(H,11,12);2-5H,1H3,(H,9,10);1-2H3;1H4. The van der Waals surface area contributed by atoms with E-state index in [1.54, 1.807) is 85.8 Å². The molecule has 1 amide bonds. The summed E-state index contributed by atoms with van der Waals surface area (Å²) in [4.78, 5) is 61.2. The summed E-state index contributed by atoms with van der Waals surface area (Å²) in [7, 11) is 0. The number of amides is 1. The van der Waals surface area contributed by atoms with Gasteiger partial charge < -0.3 is 66.7 Å². The van der Waals surface area contributed by atoms with Gasteiger partial charge in [-0.2, -0.15) is 0 Å². The van der Waals surface area contributed by atoms with Gasteiger partial charge in [-0.1, -0.05) is 69.3 Å². The van der Waals surface area contributed by atoms with Crippen LogP contribution >= 0.6 is 0 Å². The van der Waals surface area contributed by atoms with Crippen molar-refractivity contribution in [2.75, 3.05) is 35.8 Å². The fraction of sp³-hybridized carbons (Fsp3) is 0.240. The van der Waals surface area contributed by atoms with Crippen molar-refractivity contribution in [1.29, 1.82) is 0 Å². The summed E-state index contributed by atoms with van der Waals surface area (Å²) in [6, 6.07) is 34.4. The Morgan fingerprint density at radius 1 is 0.592 bits per heavy atom. The number of primary amides is 1. The number of hydrazone groups is 1. The molecule has 5 aromatic carbocycles. The number of Topliss-reactive ketones (excluding diaryl/α,β-unsaturated/α-hetero) is 2. The number of aryl methyl sites for hydroxylation is 2. The second-order valence-electron chi connectivity index (χ2n) is 14.3. The average molecular weight is 981 g/mol.